The molecule has 22 heavy (non-hydrogen) atoms. The second kappa shape index (κ2) is 5.54. The van der Waals surface area contributed by atoms with Crippen molar-refractivity contribution in [1.82, 2.24) is 0 Å². The minimum atomic E-state index is 0.226. The van der Waals surface area contributed by atoms with Gasteiger partial charge in [0.05, 0.1) is 6.04 Å². The molecule has 0 aliphatic heterocycles. The zero-order chi connectivity index (χ0) is 14.9. The van der Waals surface area contributed by atoms with Crippen molar-refractivity contribution in [2.45, 2.75) is 10.9 Å². The molecular weight excluding hydrogens is 286 g/mol. The molecule has 0 spiro atoms. The number of fused-ring (bicyclic) bond motifs is 3. The SMILES string of the molecule is CSc1cccc(NC2c3ccccc3-c3ccccc32)c1. The normalized spacial score (nSPS) is 12.8. The molecule has 0 saturated heterocycles. The van der Waals surface area contributed by atoms with E-state index in [1.807, 2.05) is 0 Å². The van der Waals surface area contributed by atoms with Crippen molar-refractivity contribution < 1.29 is 0 Å². The van der Waals surface area contributed by atoms with Crippen molar-refractivity contribution in [2.75, 3.05) is 11.6 Å². The van der Waals surface area contributed by atoms with Gasteiger partial charge in [-0.25, -0.2) is 0 Å². The Morgan fingerprint density at radius 3 is 2.05 bits per heavy atom. The summed E-state index contributed by atoms with van der Waals surface area (Å²) in [5.74, 6) is 0. The Balaban J connectivity index is 1.78. The largest absolute Gasteiger partial charge is 0.374 e. The molecule has 108 valence electrons. The molecule has 1 aliphatic rings. The Bertz CT molecular complexity index is 780. The molecule has 0 fully saturated rings. The van der Waals surface area contributed by atoms with Crippen molar-refractivity contribution in [2.24, 2.45) is 0 Å². The van der Waals surface area contributed by atoms with E-state index in [0.717, 1.165) is 0 Å². The zero-order valence-corrected chi connectivity index (χ0v) is 13.2. The lowest BCUT2D eigenvalue weighted by Gasteiger charge is -2.17. The van der Waals surface area contributed by atoms with Crippen molar-refractivity contribution in [3.63, 3.8) is 0 Å². The molecule has 3 aromatic carbocycles. The van der Waals surface area contributed by atoms with Crippen molar-refractivity contribution in [3.05, 3.63) is 83.9 Å². The molecule has 1 N–H and O–H groups in total. The van der Waals surface area contributed by atoms with E-state index in [1.54, 1.807) is 11.8 Å². The van der Waals surface area contributed by atoms with Crippen LogP contribution >= 0.6 is 11.8 Å². The number of nitrogens with one attached hydrogen (secondary N) is 1. The molecular formula is C20H17NS. The summed E-state index contributed by atoms with van der Waals surface area (Å²) in [6.45, 7) is 0. The van der Waals surface area contributed by atoms with Gasteiger partial charge in [-0.15, -0.1) is 11.8 Å². The first-order valence-electron chi connectivity index (χ1n) is 7.45. The van der Waals surface area contributed by atoms with Crippen LogP contribution in [0.5, 0.6) is 0 Å². The summed E-state index contributed by atoms with van der Waals surface area (Å²) in [6.07, 6.45) is 2.11. The number of hydrogen-bond donors (Lipinski definition) is 1. The molecule has 0 saturated carbocycles. The van der Waals surface area contributed by atoms with Gasteiger partial charge >= 0.3 is 0 Å². The van der Waals surface area contributed by atoms with Gasteiger partial charge in [-0.05, 0) is 46.7 Å². The van der Waals surface area contributed by atoms with E-state index in [2.05, 4.69) is 84.4 Å². The summed E-state index contributed by atoms with van der Waals surface area (Å²) in [4.78, 5) is 1.28. The molecule has 0 atom stereocenters. The van der Waals surface area contributed by atoms with Gasteiger partial charge < -0.3 is 5.32 Å². The predicted molar refractivity (Wildman–Crippen MR) is 95.6 cm³/mol. The maximum atomic E-state index is 3.71. The van der Waals surface area contributed by atoms with E-state index in [0.29, 0.717) is 0 Å². The Labute approximate surface area is 135 Å². The number of anilines is 1. The first kappa shape index (κ1) is 13.5. The van der Waals surface area contributed by atoms with Crippen LogP contribution < -0.4 is 5.32 Å². The van der Waals surface area contributed by atoms with Crippen LogP contribution in [0.1, 0.15) is 17.2 Å². The Kier molecular flexibility index (Phi) is 3.39. The minimum Gasteiger partial charge on any atom is -0.374 e. The van der Waals surface area contributed by atoms with E-state index in [-0.39, 0.29) is 6.04 Å². The van der Waals surface area contributed by atoms with Crippen molar-refractivity contribution in [1.29, 1.82) is 0 Å². The fraction of sp³-hybridized carbons (Fsp3) is 0.100. The lowest BCUT2D eigenvalue weighted by Crippen LogP contribution is -2.09. The second-order valence-electron chi connectivity index (χ2n) is 5.48. The van der Waals surface area contributed by atoms with Gasteiger partial charge in [-0.3, -0.25) is 0 Å². The fourth-order valence-corrected chi connectivity index (χ4v) is 3.65. The molecule has 1 nitrogen and oxygen atoms in total. The third-order valence-corrected chi connectivity index (χ3v) is 4.94. The van der Waals surface area contributed by atoms with E-state index >= 15 is 0 Å². The summed E-state index contributed by atoms with van der Waals surface area (Å²) < 4.78 is 0. The van der Waals surface area contributed by atoms with E-state index in [9.17, 15) is 0 Å². The Morgan fingerprint density at radius 1 is 0.773 bits per heavy atom. The lowest BCUT2D eigenvalue weighted by molar-refractivity contribution is 0.972. The van der Waals surface area contributed by atoms with Crippen LogP contribution in [0.25, 0.3) is 11.1 Å². The number of thioether (sulfide) groups is 1. The number of rotatable bonds is 3. The molecule has 0 bridgehead atoms. The first-order chi connectivity index (χ1) is 10.9. The van der Waals surface area contributed by atoms with Gasteiger partial charge in [0, 0.05) is 10.6 Å². The van der Waals surface area contributed by atoms with Gasteiger partial charge in [0.15, 0.2) is 0 Å². The van der Waals surface area contributed by atoms with Gasteiger partial charge in [0.25, 0.3) is 0 Å². The van der Waals surface area contributed by atoms with Gasteiger partial charge in [0.2, 0.25) is 0 Å². The standard InChI is InChI=1S/C20H17NS/c1-22-15-8-6-7-14(13-15)21-20-18-11-4-2-9-16(18)17-10-3-5-12-19(17)20/h2-13,20-21H,1H3. The van der Waals surface area contributed by atoms with Gasteiger partial charge in [-0.2, -0.15) is 0 Å². The topological polar surface area (TPSA) is 12.0 Å². The average Bonchev–Trinajstić information content (AvgIpc) is 2.90. The molecule has 1 aliphatic carbocycles. The predicted octanol–water partition coefficient (Wildman–Crippen LogP) is 5.59. The van der Waals surface area contributed by atoms with Crippen LogP contribution in [0.15, 0.2) is 77.7 Å². The van der Waals surface area contributed by atoms with Gasteiger partial charge in [-0.1, -0.05) is 54.6 Å². The van der Waals surface area contributed by atoms with E-state index in [1.165, 1.54) is 32.8 Å². The molecule has 0 aromatic heterocycles. The van der Waals surface area contributed by atoms with E-state index < -0.39 is 0 Å². The second-order valence-corrected chi connectivity index (χ2v) is 6.36. The van der Waals surface area contributed by atoms with Crippen LogP contribution in [0.3, 0.4) is 0 Å². The first-order valence-corrected chi connectivity index (χ1v) is 8.68. The molecule has 2 heteroatoms. The van der Waals surface area contributed by atoms with Crippen LogP contribution in [-0.2, 0) is 0 Å². The summed E-state index contributed by atoms with van der Waals surface area (Å²) in [6, 6.07) is 26.2. The number of benzene rings is 3. The highest BCUT2D eigenvalue weighted by Crippen LogP contribution is 2.44. The number of hydrogen-bond acceptors (Lipinski definition) is 2. The fourth-order valence-electron chi connectivity index (χ4n) is 3.19. The third kappa shape index (κ3) is 2.20. The maximum Gasteiger partial charge on any atom is 0.0779 e. The zero-order valence-electron chi connectivity index (χ0n) is 12.4. The average molecular weight is 303 g/mol. The molecule has 0 heterocycles. The summed E-state index contributed by atoms with van der Waals surface area (Å²) in [7, 11) is 0. The highest BCUT2D eigenvalue weighted by molar-refractivity contribution is 7.98. The summed E-state index contributed by atoms with van der Waals surface area (Å²) in [5.41, 5.74) is 6.58. The summed E-state index contributed by atoms with van der Waals surface area (Å²) in [5, 5.41) is 3.71. The molecule has 0 unspecified atom stereocenters. The minimum absolute atomic E-state index is 0.226. The Hall–Kier alpha value is -2.19. The van der Waals surface area contributed by atoms with Crippen molar-refractivity contribution >= 4 is 17.4 Å². The van der Waals surface area contributed by atoms with Crippen LogP contribution in [0, 0.1) is 0 Å². The Morgan fingerprint density at radius 2 is 1.41 bits per heavy atom. The van der Waals surface area contributed by atoms with Crippen LogP contribution in [0.4, 0.5) is 5.69 Å². The van der Waals surface area contributed by atoms with Crippen LogP contribution in [-0.4, -0.2) is 6.26 Å². The molecule has 0 radical (unpaired) electrons. The quantitative estimate of drug-likeness (QED) is 0.633. The van der Waals surface area contributed by atoms with Crippen LogP contribution in [0.2, 0.25) is 0 Å². The molecule has 4 rings (SSSR count). The maximum absolute atomic E-state index is 3.71. The smallest absolute Gasteiger partial charge is 0.0779 e. The molecule has 0 amide bonds. The monoisotopic (exact) mass is 303 g/mol. The molecule has 3 aromatic rings. The van der Waals surface area contributed by atoms with Gasteiger partial charge in [0.1, 0.15) is 0 Å². The highest BCUT2D eigenvalue weighted by atomic mass is 32.2. The highest BCUT2D eigenvalue weighted by Gasteiger charge is 2.27. The van der Waals surface area contributed by atoms with Crippen molar-refractivity contribution in [3.8, 4) is 11.1 Å². The lowest BCUT2D eigenvalue weighted by atomic mass is 10.1. The third-order valence-electron chi connectivity index (χ3n) is 4.21. The van der Waals surface area contributed by atoms with E-state index in [4.69, 9.17) is 0 Å². The summed E-state index contributed by atoms with van der Waals surface area (Å²) >= 11 is 1.77.